The Bertz CT molecular complexity index is 451. The number of hydrogen-bond acceptors (Lipinski definition) is 4. The fourth-order valence-electron chi connectivity index (χ4n) is 1.48. The van der Waals surface area contributed by atoms with Crippen molar-refractivity contribution in [1.29, 1.82) is 0 Å². The van der Waals surface area contributed by atoms with Crippen molar-refractivity contribution in [2.45, 2.75) is 6.04 Å². The van der Waals surface area contributed by atoms with Crippen molar-refractivity contribution < 1.29 is 14.3 Å². The van der Waals surface area contributed by atoms with Gasteiger partial charge in [0.2, 0.25) is 5.90 Å². The quantitative estimate of drug-likeness (QED) is 0.586. The van der Waals surface area contributed by atoms with Crippen molar-refractivity contribution in [3.63, 3.8) is 0 Å². The van der Waals surface area contributed by atoms with Crippen LogP contribution in [0, 0.1) is 0 Å². The third-order valence-corrected chi connectivity index (χ3v) is 2.35. The van der Waals surface area contributed by atoms with E-state index in [4.69, 9.17) is 4.74 Å². The van der Waals surface area contributed by atoms with Crippen molar-refractivity contribution in [2.75, 3.05) is 13.7 Å². The third-order valence-electron chi connectivity index (χ3n) is 2.35. The second-order valence-corrected chi connectivity index (χ2v) is 3.56. The summed E-state index contributed by atoms with van der Waals surface area (Å²) in [5.74, 6) is 0.235. The van der Waals surface area contributed by atoms with Gasteiger partial charge in [-0.2, -0.15) is 0 Å². The predicted octanol–water partition coefficient (Wildman–Crippen LogP) is 1.56. The van der Waals surface area contributed by atoms with Crippen LogP contribution in [0.4, 0.5) is 0 Å². The Morgan fingerprint density at radius 1 is 1.47 bits per heavy atom. The van der Waals surface area contributed by atoms with Crippen LogP contribution in [-0.2, 0) is 14.3 Å². The van der Waals surface area contributed by atoms with Gasteiger partial charge in [-0.1, -0.05) is 18.2 Å². The monoisotopic (exact) mass is 231 g/mol. The Balaban J connectivity index is 2.04. The molecule has 4 heteroatoms. The van der Waals surface area contributed by atoms with Crippen LogP contribution in [-0.4, -0.2) is 31.6 Å². The molecule has 0 spiro atoms. The van der Waals surface area contributed by atoms with Gasteiger partial charge >= 0.3 is 5.97 Å². The van der Waals surface area contributed by atoms with E-state index in [2.05, 4.69) is 9.73 Å². The number of nitrogens with zero attached hydrogens (tertiary/aromatic N) is 1. The molecule has 0 unspecified atom stereocenters. The van der Waals surface area contributed by atoms with Gasteiger partial charge in [0.1, 0.15) is 12.6 Å². The molecule has 0 saturated carbocycles. The first kappa shape index (κ1) is 11.4. The number of aliphatic imine (C=N–C) groups is 1. The zero-order valence-corrected chi connectivity index (χ0v) is 9.50. The highest BCUT2D eigenvalue weighted by atomic mass is 16.5. The zero-order valence-electron chi connectivity index (χ0n) is 9.50. The Labute approximate surface area is 99.6 Å². The van der Waals surface area contributed by atoms with Gasteiger partial charge in [0, 0.05) is 11.6 Å². The molecule has 1 aromatic rings. The van der Waals surface area contributed by atoms with E-state index in [1.54, 1.807) is 6.08 Å². The number of esters is 1. The zero-order chi connectivity index (χ0) is 12.1. The first-order valence-electron chi connectivity index (χ1n) is 5.32. The highest BCUT2D eigenvalue weighted by Gasteiger charge is 2.17. The van der Waals surface area contributed by atoms with Crippen LogP contribution >= 0.6 is 0 Å². The van der Waals surface area contributed by atoms with Gasteiger partial charge in [-0.15, -0.1) is 0 Å². The molecular weight excluding hydrogens is 218 g/mol. The van der Waals surface area contributed by atoms with Gasteiger partial charge in [-0.3, -0.25) is 0 Å². The minimum absolute atomic E-state index is 0.121. The average molecular weight is 231 g/mol. The molecule has 17 heavy (non-hydrogen) atoms. The summed E-state index contributed by atoms with van der Waals surface area (Å²) in [5.41, 5.74) is 0.946. The minimum atomic E-state index is -0.381. The number of methoxy groups -OCH3 is 1. The summed E-state index contributed by atoms with van der Waals surface area (Å²) in [6, 6.07) is 9.55. The Kier molecular flexibility index (Phi) is 3.55. The number of ether oxygens (including phenoxy) is 2. The van der Waals surface area contributed by atoms with Gasteiger partial charge in [-0.25, -0.2) is 9.79 Å². The molecule has 1 aliphatic heterocycles. The van der Waals surface area contributed by atoms with Crippen molar-refractivity contribution >= 4 is 11.9 Å². The summed E-state index contributed by atoms with van der Waals surface area (Å²) < 4.78 is 9.97. The fourth-order valence-corrected chi connectivity index (χ4v) is 1.48. The number of carbonyl (C=O) groups is 1. The highest BCUT2D eigenvalue weighted by Crippen LogP contribution is 2.12. The lowest BCUT2D eigenvalue weighted by Gasteiger charge is -1.99. The fraction of sp³-hybridized carbons (Fsp3) is 0.231. The lowest BCUT2D eigenvalue weighted by Crippen LogP contribution is -2.04. The second-order valence-electron chi connectivity index (χ2n) is 3.56. The van der Waals surface area contributed by atoms with Crippen LogP contribution in [0.15, 0.2) is 47.5 Å². The number of rotatable bonds is 3. The SMILES string of the molecule is COC(=O)C=C[C@H]1COC(c2ccccc2)=N1. The largest absolute Gasteiger partial charge is 0.475 e. The predicted molar refractivity (Wildman–Crippen MR) is 63.9 cm³/mol. The summed E-state index contributed by atoms with van der Waals surface area (Å²) in [7, 11) is 1.34. The number of carbonyl (C=O) groups excluding carboxylic acids is 1. The topological polar surface area (TPSA) is 47.9 Å². The molecule has 1 aromatic carbocycles. The summed E-state index contributed by atoms with van der Waals surface area (Å²) in [5, 5.41) is 0. The van der Waals surface area contributed by atoms with Gasteiger partial charge in [-0.05, 0) is 18.2 Å². The summed E-state index contributed by atoms with van der Waals surface area (Å²) in [6.07, 6.45) is 3.05. The van der Waals surface area contributed by atoms with E-state index in [1.165, 1.54) is 13.2 Å². The molecule has 0 fully saturated rings. The molecule has 4 nitrogen and oxygen atoms in total. The van der Waals surface area contributed by atoms with Gasteiger partial charge in [0.25, 0.3) is 0 Å². The van der Waals surface area contributed by atoms with Gasteiger partial charge in [0.15, 0.2) is 0 Å². The molecule has 2 rings (SSSR count). The van der Waals surface area contributed by atoms with Crippen LogP contribution in [0.25, 0.3) is 0 Å². The Morgan fingerprint density at radius 2 is 2.24 bits per heavy atom. The molecule has 0 aromatic heterocycles. The van der Waals surface area contributed by atoms with E-state index in [9.17, 15) is 4.79 Å². The van der Waals surface area contributed by atoms with Gasteiger partial charge < -0.3 is 9.47 Å². The first-order valence-corrected chi connectivity index (χ1v) is 5.32. The minimum Gasteiger partial charge on any atom is -0.475 e. The van der Waals surface area contributed by atoms with E-state index in [0.29, 0.717) is 12.5 Å². The van der Waals surface area contributed by atoms with Crippen molar-refractivity contribution in [3.05, 3.63) is 48.0 Å². The molecule has 1 atom stereocenters. The smallest absolute Gasteiger partial charge is 0.330 e. The first-order chi connectivity index (χ1) is 8.29. The van der Waals surface area contributed by atoms with Crippen LogP contribution in [0.2, 0.25) is 0 Å². The number of benzene rings is 1. The lowest BCUT2D eigenvalue weighted by molar-refractivity contribution is -0.134. The molecule has 0 saturated heterocycles. The van der Waals surface area contributed by atoms with Crippen molar-refractivity contribution in [3.8, 4) is 0 Å². The summed E-state index contributed by atoms with van der Waals surface area (Å²) in [4.78, 5) is 15.3. The third kappa shape index (κ3) is 2.93. The van der Waals surface area contributed by atoms with Crippen molar-refractivity contribution in [1.82, 2.24) is 0 Å². The molecule has 1 heterocycles. The molecule has 0 amide bonds. The standard InChI is InChI=1S/C13H13NO3/c1-16-12(15)8-7-11-9-17-13(14-11)10-5-3-2-4-6-10/h2-8,11H,9H2,1H3/t11-/m0/s1. The maximum atomic E-state index is 10.9. The molecule has 1 aliphatic rings. The normalized spacial score (nSPS) is 18.9. The van der Waals surface area contributed by atoms with Crippen LogP contribution < -0.4 is 0 Å². The highest BCUT2D eigenvalue weighted by molar-refractivity contribution is 5.95. The lowest BCUT2D eigenvalue weighted by atomic mass is 10.2. The van der Waals surface area contributed by atoms with Crippen molar-refractivity contribution in [2.24, 2.45) is 4.99 Å². The Morgan fingerprint density at radius 3 is 2.94 bits per heavy atom. The Hall–Kier alpha value is -2.10. The van der Waals surface area contributed by atoms with Crippen LogP contribution in [0.3, 0.4) is 0 Å². The second kappa shape index (κ2) is 5.30. The van der Waals surface area contributed by atoms with Gasteiger partial charge in [0.05, 0.1) is 7.11 Å². The van der Waals surface area contributed by atoms with Crippen LogP contribution in [0.5, 0.6) is 0 Å². The molecule has 0 aliphatic carbocycles. The molecule has 0 bridgehead atoms. The van der Waals surface area contributed by atoms with E-state index in [1.807, 2.05) is 30.3 Å². The van der Waals surface area contributed by atoms with E-state index in [0.717, 1.165) is 5.56 Å². The summed E-state index contributed by atoms with van der Waals surface area (Å²) >= 11 is 0. The van der Waals surface area contributed by atoms with E-state index < -0.39 is 0 Å². The van der Waals surface area contributed by atoms with E-state index in [-0.39, 0.29) is 12.0 Å². The molecule has 88 valence electrons. The maximum absolute atomic E-state index is 10.9. The van der Waals surface area contributed by atoms with E-state index >= 15 is 0 Å². The summed E-state index contributed by atoms with van der Waals surface area (Å²) in [6.45, 7) is 0.456. The maximum Gasteiger partial charge on any atom is 0.330 e. The molecule has 0 N–H and O–H groups in total. The molecular formula is C13H13NO3. The number of hydrogen-bond donors (Lipinski definition) is 0. The van der Waals surface area contributed by atoms with Crippen LogP contribution in [0.1, 0.15) is 5.56 Å². The molecule has 0 radical (unpaired) electrons. The average Bonchev–Trinajstić information content (AvgIpc) is 2.86.